The number of benzene rings is 1. The van der Waals surface area contributed by atoms with Crippen molar-refractivity contribution < 1.29 is 17.2 Å². The monoisotopic (exact) mass is 361 g/mol. The summed E-state index contributed by atoms with van der Waals surface area (Å²) in [6, 6.07) is 5.65. The van der Waals surface area contributed by atoms with Gasteiger partial charge in [-0.2, -0.15) is 0 Å². The predicted molar refractivity (Wildman–Crippen MR) is 48.0 cm³/mol. The Morgan fingerprint density at radius 3 is 2.50 bits per heavy atom. The van der Waals surface area contributed by atoms with Gasteiger partial charge in [0.15, 0.2) is 0 Å². The molecule has 56 valence electrons. The maximum atomic E-state index is 5.67. The van der Waals surface area contributed by atoms with E-state index in [1.165, 1.54) is 3.57 Å². The van der Waals surface area contributed by atoms with Crippen LogP contribution in [0.2, 0.25) is 0 Å². The predicted octanol–water partition coefficient (Wildman–Crippen LogP) is -1.54. The second-order valence-electron chi connectivity index (χ2n) is 1.85. The van der Waals surface area contributed by atoms with E-state index in [0.717, 1.165) is 11.4 Å². The first kappa shape index (κ1) is 8.38. The number of halogens is 2. The summed E-state index contributed by atoms with van der Waals surface area (Å²) in [5.74, 6) is 0. The van der Waals surface area contributed by atoms with E-state index in [2.05, 4.69) is 18.6 Å². The van der Waals surface area contributed by atoms with Crippen molar-refractivity contribution in [1.29, 1.82) is 0 Å². The van der Waals surface area contributed by atoms with Crippen molar-refractivity contribution in [2.24, 2.45) is 0 Å². The fourth-order valence-corrected chi connectivity index (χ4v) is 3.87. The molecule has 4 heteroatoms. The number of nitrogen functional groups attached to an aromatic ring is 2. The van der Waals surface area contributed by atoms with Gasteiger partial charge in [-0.25, -0.2) is 0 Å². The molecule has 0 spiro atoms. The molecule has 10 heavy (non-hydrogen) atoms. The van der Waals surface area contributed by atoms with Gasteiger partial charge in [0.2, 0.25) is 0 Å². The summed E-state index contributed by atoms with van der Waals surface area (Å²) >= 11 is 2.41. The molecule has 2 nitrogen and oxygen atoms in total. The van der Waals surface area contributed by atoms with Gasteiger partial charge in [-0.05, 0) is 0 Å². The van der Waals surface area contributed by atoms with Crippen LogP contribution in [0.5, 0.6) is 0 Å². The van der Waals surface area contributed by atoms with Gasteiger partial charge in [-0.1, -0.05) is 0 Å². The Bertz CT molecular complexity index is 237. The van der Waals surface area contributed by atoms with Crippen LogP contribution >= 0.6 is 18.6 Å². The van der Waals surface area contributed by atoms with Crippen molar-refractivity contribution in [1.82, 2.24) is 0 Å². The summed E-state index contributed by atoms with van der Waals surface area (Å²) in [6.45, 7) is 0. The fraction of sp³-hybridized carbons (Fsp3) is 0. The molecule has 0 aliphatic heterocycles. The molecule has 0 fully saturated rings. The number of anilines is 2. The number of rotatable bonds is 1. The zero-order valence-electron chi connectivity index (χ0n) is 5.14. The first-order chi connectivity index (χ1) is 4.74. The molecule has 0 unspecified atom stereocenters. The molecular formula is C6H7I2N2-. The summed E-state index contributed by atoms with van der Waals surface area (Å²) < 4.78 is 1.22. The van der Waals surface area contributed by atoms with Gasteiger partial charge < -0.3 is 0 Å². The molecule has 0 atom stereocenters. The third-order valence-electron chi connectivity index (χ3n) is 1.10. The topological polar surface area (TPSA) is 52.0 Å². The second kappa shape index (κ2) is 3.61. The van der Waals surface area contributed by atoms with E-state index in [9.17, 15) is 0 Å². The Kier molecular flexibility index (Phi) is 3.02. The van der Waals surface area contributed by atoms with E-state index >= 15 is 0 Å². The normalized spacial score (nSPS) is 10.1. The number of hydrogen-bond acceptors (Lipinski definition) is 2. The van der Waals surface area contributed by atoms with Crippen LogP contribution in [-0.4, -0.2) is 0 Å². The molecule has 0 saturated carbocycles. The van der Waals surface area contributed by atoms with Gasteiger partial charge in [-0.15, -0.1) is 0 Å². The van der Waals surface area contributed by atoms with E-state index < -0.39 is 0 Å². The van der Waals surface area contributed by atoms with Gasteiger partial charge in [-0.3, -0.25) is 0 Å². The van der Waals surface area contributed by atoms with Crippen molar-refractivity contribution in [2.75, 3.05) is 11.5 Å². The van der Waals surface area contributed by atoms with Crippen molar-refractivity contribution in [3.05, 3.63) is 21.8 Å². The molecule has 0 heterocycles. The molecule has 0 aromatic heterocycles. The average Bonchev–Trinajstić information content (AvgIpc) is 1.94. The third-order valence-corrected chi connectivity index (χ3v) is 5.42. The Balaban J connectivity index is 3.09. The van der Waals surface area contributed by atoms with Gasteiger partial charge >= 0.3 is 80.5 Å². The molecule has 0 amide bonds. The van der Waals surface area contributed by atoms with Crippen LogP contribution in [-0.2, 0) is 0 Å². The minimum absolute atomic E-state index is 0.0359. The minimum atomic E-state index is 0.0359. The summed E-state index contributed by atoms with van der Waals surface area (Å²) in [6.07, 6.45) is 0. The van der Waals surface area contributed by atoms with Crippen LogP contribution in [0.3, 0.4) is 0 Å². The van der Waals surface area contributed by atoms with E-state index in [0.29, 0.717) is 0 Å². The Labute approximate surface area is 79.8 Å². The molecule has 0 bridgehead atoms. The molecule has 1 aromatic carbocycles. The zero-order valence-corrected chi connectivity index (χ0v) is 9.46. The molecule has 1 rings (SSSR count). The first-order valence-electron chi connectivity index (χ1n) is 2.65. The summed E-state index contributed by atoms with van der Waals surface area (Å²) in [7, 11) is 0. The van der Waals surface area contributed by atoms with E-state index in [-0.39, 0.29) is 17.2 Å². The van der Waals surface area contributed by atoms with Gasteiger partial charge in [0.25, 0.3) is 0 Å². The fourth-order valence-electron chi connectivity index (χ4n) is 0.605. The quantitative estimate of drug-likeness (QED) is 0.471. The second-order valence-corrected chi connectivity index (χ2v) is 6.16. The van der Waals surface area contributed by atoms with E-state index in [1.807, 2.05) is 18.2 Å². The first-order valence-corrected chi connectivity index (χ1v) is 10.0. The van der Waals surface area contributed by atoms with Crippen LogP contribution in [0, 0.1) is 3.57 Å². The SMILES string of the molecule is Nc1ccc(N)c([I-]I)c1. The molecule has 0 aliphatic rings. The van der Waals surface area contributed by atoms with Gasteiger partial charge in [0.1, 0.15) is 0 Å². The van der Waals surface area contributed by atoms with Crippen molar-refractivity contribution in [3.63, 3.8) is 0 Å². The van der Waals surface area contributed by atoms with Crippen LogP contribution < -0.4 is 28.7 Å². The Morgan fingerprint density at radius 2 is 2.00 bits per heavy atom. The van der Waals surface area contributed by atoms with Gasteiger partial charge in [0.05, 0.1) is 0 Å². The Morgan fingerprint density at radius 1 is 1.30 bits per heavy atom. The third kappa shape index (κ3) is 1.88. The standard InChI is InChI=1S/C6H7I2N2/c7-8-5-3-4(9)1-2-6(5)10/h1-3H,9-10H2/q-1. The van der Waals surface area contributed by atoms with Crippen LogP contribution in [0.1, 0.15) is 0 Å². The summed E-state index contributed by atoms with van der Waals surface area (Å²) in [4.78, 5) is 0. The summed E-state index contributed by atoms with van der Waals surface area (Å²) in [5.41, 5.74) is 12.9. The van der Waals surface area contributed by atoms with Gasteiger partial charge in [0, 0.05) is 0 Å². The molecule has 1 aromatic rings. The summed E-state index contributed by atoms with van der Waals surface area (Å²) in [5, 5.41) is 0. The molecule has 0 radical (unpaired) electrons. The average molecular weight is 361 g/mol. The number of hydrogen-bond donors (Lipinski definition) is 2. The van der Waals surface area contributed by atoms with Crippen LogP contribution in [0.4, 0.5) is 11.4 Å². The van der Waals surface area contributed by atoms with E-state index in [1.54, 1.807) is 0 Å². The number of nitrogens with two attached hydrogens (primary N) is 2. The maximum absolute atomic E-state index is 5.67. The zero-order chi connectivity index (χ0) is 7.56. The van der Waals surface area contributed by atoms with Crippen LogP contribution in [0.25, 0.3) is 0 Å². The molecule has 4 N–H and O–H groups in total. The van der Waals surface area contributed by atoms with Crippen molar-refractivity contribution in [2.45, 2.75) is 0 Å². The Hall–Kier alpha value is 0.280. The molecule has 0 saturated heterocycles. The van der Waals surface area contributed by atoms with Crippen molar-refractivity contribution >= 4 is 30.0 Å². The van der Waals surface area contributed by atoms with Crippen molar-refractivity contribution in [3.8, 4) is 0 Å². The molecule has 0 aliphatic carbocycles. The van der Waals surface area contributed by atoms with Crippen LogP contribution in [0.15, 0.2) is 18.2 Å². The molecular weight excluding hydrogens is 354 g/mol. The van der Waals surface area contributed by atoms with E-state index in [4.69, 9.17) is 11.5 Å².